The zero-order chi connectivity index (χ0) is 14.1. The first-order valence-corrected chi connectivity index (χ1v) is 9.62. The van der Waals surface area contributed by atoms with Crippen LogP contribution < -0.4 is 5.32 Å². The molecule has 2 aromatic rings. The Hall–Kier alpha value is -0.900. The second-order valence-corrected chi connectivity index (χ2v) is 8.37. The van der Waals surface area contributed by atoms with Gasteiger partial charge in [-0.3, -0.25) is 5.32 Å². The molecule has 2 aromatic carbocycles. The quantitative estimate of drug-likeness (QED) is 0.848. The van der Waals surface area contributed by atoms with Crippen molar-refractivity contribution in [1.29, 1.82) is 0 Å². The molecule has 1 nitrogen and oxygen atoms in total. The zero-order valence-corrected chi connectivity index (χ0v) is 13.5. The second kappa shape index (κ2) is 5.71. The van der Waals surface area contributed by atoms with Crippen LogP contribution in [0.2, 0.25) is 0 Å². The minimum Gasteiger partial charge on any atom is -0.295 e. The van der Waals surface area contributed by atoms with Gasteiger partial charge < -0.3 is 0 Å². The Morgan fingerprint density at radius 3 is 2.14 bits per heavy atom. The van der Waals surface area contributed by atoms with Crippen molar-refractivity contribution in [1.82, 2.24) is 5.32 Å². The van der Waals surface area contributed by atoms with Crippen LogP contribution in [-0.4, -0.2) is 16.1 Å². The van der Waals surface area contributed by atoms with Gasteiger partial charge in [0.25, 0.3) is 0 Å². The molecule has 108 valence electrons. The topological polar surface area (TPSA) is 21.9 Å². The Kier molecular flexibility index (Phi) is 3.74. The van der Waals surface area contributed by atoms with Gasteiger partial charge in [-0.25, -0.2) is 0 Å². The van der Waals surface area contributed by atoms with Crippen LogP contribution in [0, 0.1) is 0 Å². The lowest BCUT2D eigenvalue weighted by atomic mass is 9.93. The molecule has 0 amide bonds. The van der Waals surface area contributed by atoms with E-state index in [-0.39, 0.29) is 5.54 Å². The third-order valence-electron chi connectivity index (χ3n) is 4.34. The van der Waals surface area contributed by atoms with E-state index in [4.69, 9.17) is 0 Å². The van der Waals surface area contributed by atoms with E-state index in [1.807, 2.05) is 0 Å². The number of thioether (sulfide) groups is 2. The first-order chi connectivity index (χ1) is 10.4. The Balaban J connectivity index is 1.71. The first-order valence-electron chi connectivity index (χ1n) is 7.52. The Morgan fingerprint density at radius 2 is 1.48 bits per heavy atom. The van der Waals surface area contributed by atoms with E-state index in [0.717, 1.165) is 0 Å². The maximum atomic E-state index is 3.84. The van der Waals surface area contributed by atoms with Gasteiger partial charge in [0.2, 0.25) is 0 Å². The van der Waals surface area contributed by atoms with Gasteiger partial charge in [0.15, 0.2) is 0 Å². The highest BCUT2D eigenvalue weighted by Gasteiger charge is 2.60. The highest BCUT2D eigenvalue weighted by Crippen LogP contribution is 2.58. The smallest absolute Gasteiger partial charge is 0.0851 e. The van der Waals surface area contributed by atoms with Gasteiger partial charge in [-0.2, -0.15) is 0 Å². The molecule has 2 aliphatic rings. The molecule has 2 fully saturated rings. The second-order valence-electron chi connectivity index (χ2n) is 5.65. The number of hydrogen-bond acceptors (Lipinski definition) is 3. The van der Waals surface area contributed by atoms with Gasteiger partial charge in [-0.15, -0.1) is 23.5 Å². The molecule has 2 aliphatic heterocycles. The largest absolute Gasteiger partial charge is 0.295 e. The van der Waals surface area contributed by atoms with Gasteiger partial charge in [0, 0.05) is 0 Å². The third-order valence-corrected chi connectivity index (χ3v) is 7.55. The van der Waals surface area contributed by atoms with Gasteiger partial charge in [-0.05, 0) is 29.1 Å². The van der Waals surface area contributed by atoms with Crippen LogP contribution in [0.3, 0.4) is 0 Å². The molecule has 0 aliphatic carbocycles. The lowest BCUT2D eigenvalue weighted by Gasteiger charge is -2.29. The summed E-state index contributed by atoms with van der Waals surface area (Å²) in [7, 11) is 0. The number of nitrogens with one attached hydrogen (secondary N) is 1. The van der Waals surface area contributed by atoms with Crippen molar-refractivity contribution in [3.63, 3.8) is 0 Å². The predicted molar refractivity (Wildman–Crippen MR) is 93.8 cm³/mol. The molecule has 4 rings (SSSR count). The van der Waals surface area contributed by atoms with E-state index in [0.29, 0.717) is 10.6 Å². The number of rotatable bonds is 3. The summed E-state index contributed by atoms with van der Waals surface area (Å²) in [5.74, 6) is 2.57. The Bertz CT molecular complexity index is 595. The molecule has 0 spiro atoms. The van der Waals surface area contributed by atoms with Crippen molar-refractivity contribution in [2.75, 3.05) is 11.5 Å². The molecule has 2 heterocycles. The summed E-state index contributed by atoms with van der Waals surface area (Å²) in [5.41, 5.74) is 2.96. The Morgan fingerprint density at radius 1 is 0.857 bits per heavy atom. The maximum absolute atomic E-state index is 3.84. The molecule has 2 atom stereocenters. The van der Waals surface area contributed by atoms with Crippen LogP contribution in [0.15, 0.2) is 60.7 Å². The molecule has 0 aromatic heterocycles. The van der Waals surface area contributed by atoms with Crippen molar-refractivity contribution in [3.05, 3.63) is 71.8 Å². The molecule has 1 N–H and O–H groups in total. The highest BCUT2D eigenvalue weighted by atomic mass is 32.2. The third kappa shape index (κ3) is 2.41. The van der Waals surface area contributed by atoms with E-state index in [1.165, 1.54) is 29.1 Å². The average Bonchev–Trinajstić information content (AvgIpc) is 3.34. The summed E-state index contributed by atoms with van der Waals surface area (Å²) >= 11 is 4.25. The fraction of sp³-hybridized carbons (Fsp3) is 0.333. The monoisotopic (exact) mass is 313 g/mol. The lowest BCUT2D eigenvalue weighted by Crippen LogP contribution is -2.28. The van der Waals surface area contributed by atoms with Gasteiger partial charge in [0.1, 0.15) is 0 Å². The first kappa shape index (κ1) is 13.7. The van der Waals surface area contributed by atoms with E-state index >= 15 is 0 Å². The van der Waals surface area contributed by atoms with Crippen molar-refractivity contribution < 1.29 is 0 Å². The van der Waals surface area contributed by atoms with Crippen LogP contribution in [0.25, 0.3) is 0 Å². The minimum atomic E-state index is 0.109. The SMILES string of the molecule is c1ccc(C2NC2(c2ccccc2)C2SCCCS2)cc1. The van der Waals surface area contributed by atoms with Crippen LogP contribution in [0.1, 0.15) is 23.6 Å². The molecule has 3 heteroatoms. The van der Waals surface area contributed by atoms with E-state index in [2.05, 4.69) is 89.5 Å². The molecule has 21 heavy (non-hydrogen) atoms. The van der Waals surface area contributed by atoms with Crippen LogP contribution in [0.5, 0.6) is 0 Å². The molecule has 2 saturated heterocycles. The fourth-order valence-electron chi connectivity index (χ4n) is 3.24. The lowest BCUT2D eigenvalue weighted by molar-refractivity contribution is 0.712. The van der Waals surface area contributed by atoms with Crippen molar-refractivity contribution in [2.45, 2.75) is 22.6 Å². The van der Waals surface area contributed by atoms with E-state index < -0.39 is 0 Å². The van der Waals surface area contributed by atoms with E-state index in [1.54, 1.807) is 0 Å². The van der Waals surface area contributed by atoms with Crippen molar-refractivity contribution in [2.24, 2.45) is 0 Å². The van der Waals surface area contributed by atoms with Gasteiger partial charge in [-0.1, -0.05) is 60.7 Å². The number of hydrogen-bond donors (Lipinski definition) is 1. The van der Waals surface area contributed by atoms with E-state index in [9.17, 15) is 0 Å². The molecule has 0 saturated carbocycles. The summed E-state index contributed by atoms with van der Waals surface area (Å²) in [5, 5.41) is 3.84. The predicted octanol–water partition coefficient (Wildman–Crippen LogP) is 4.42. The summed E-state index contributed by atoms with van der Waals surface area (Å²) in [6, 6.07) is 22.3. The number of benzene rings is 2. The fourth-order valence-corrected chi connectivity index (χ4v) is 6.65. The van der Waals surface area contributed by atoms with Gasteiger partial charge >= 0.3 is 0 Å². The molecule has 0 bridgehead atoms. The summed E-state index contributed by atoms with van der Waals surface area (Å²) < 4.78 is 0.610. The van der Waals surface area contributed by atoms with Crippen LogP contribution in [-0.2, 0) is 5.54 Å². The molecule has 2 unspecified atom stereocenters. The normalized spacial score (nSPS) is 29.2. The summed E-state index contributed by atoms with van der Waals surface area (Å²) in [6.07, 6.45) is 1.34. The van der Waals surface area contributed by atoms with Crippen molar-refractivity contribution in [3.8, 4) is 0 Å². The summed E-state index contributed by atoms with van der Waals surface area (Å²) in [6.45, 7) is 0. The van der Waals surface area contributed by atoms with Crippen molar-refractivity contribution >= 4 is 23.5 Å². The minimum absolute atomic E-state index is 0.109. The average molecular weight is 313 g/mol. The molecule has 0 radical (unpaired) electrons. The van der Waals surface area contributed by atoms with Crippen LogP contribution >= 0.6 is 23.5 Å². The molecular weight excluding hydrogens is 294 g/mol. The maximum Gasteiger partial charge on any atom is 0.0851 e. The highest BCUT2D eigenvalue weighted by molar-refractivity contribution is 8.17. The molecular formula is C18H19NS2. The summed E-state index contributed by atoms with van der Waals surface area (Å²) in [4.78, 5) is 0. The van der Waals surface area contributed by atoms with Crippen LogP contribution in [0.4, 0.5) is 0 Å². The Labute approximate surface area is 134 Å². The van der Waals surface area contributed by atoms with Gasteiger partial charge in [0.05, 0.1) is 16.2 Å². The zero-order valence-electron chi connectivity index (χ0n) is 11.9. The standard InChI is InChI=1S/C18H19NS2/c1-3-8-14(9-4-1)16-18(19-16,15-10-5-2-6-11-15)17-20-12-7-13-21-17/h1-6,8-11,16-17,19H,7,12-13H2.